The van der Waals surface area contributed by atoms with E-state index in [-0.39, 0.29) is 41.4 Å². The Hall–Kier alpha value is -3.78. The second kappa shape index (κ2) is 9.61. The Labute approximate surface area is 197 Å². The highest BCUT2D eigenvalue weighted by Gasteiger charge is 2.29. The van der Waals surface area contributed by atoms with Crippen molar-refractivity contribution < 1.29 is 24.5 Å². The van der Waals surface area contributed by atoms with E-state index >= 15 is 0 Å². The fourth-order valence-electron chi connectivity index (χ4n) is 4.42. The van der Waals surface area contributed by atoms with Crippen LogP contribution in [0, 0.1) is 0 Å². The minimum Gasteiger partial charge on any atom is -0.508 e. The monoisotopic (exact) mass is 461 g/mol. The molecule has 0 aliphatic carbocycles. The molecule has 0 unspecified atom stereocenters. The van der Waals surface area contributed by atoms with Crippen LogP contribution in [0.4, 0.5) is 5.69 Å². The zero-order valence-electron chi connectivity index (χ0n) is 18.7. The molecule has 3 aromatic rings. The average molecular weight is 462 g/mol. The highest BCUT2D eigenvalue weighted by Crippen LogP contribution is 2.36. The van der Waals surface area contributed by atoms with Gasteiger partial charge in [-0.25, -0.2) is 0 Å². The van der Waals surface area contributed by atoms with Gasteiger partial charge in [0.25, 0.3) is 5.91 Å². The van der Waals surface area contributed by atoms with Gasteiger partial charge in [0.05, 0.1) is 12.6 Å². The molecule has 3 heterocycles. The summed E-state index contributed by atoms with van der Waals surface area (Å²) >= 11 is 0. The summed E-state index contributed by atoms with van der Waals surface area (Å²) in [4.78, 5) is 19.8. The lowest BCUT2D eigenvalue weighted by molar-refractivity contribution is 0.0725. The zero-order chi connectivity index (χ0) is 23.5. The number of anilines is 1. The molecule has 3 N–H and O–H groups in total. The molecule has 1 aromatic heterocycles. The van der Waals surface area contributed by atoms with E-state index in [4.69, 9.17) is 9.47 Å². The molecular formula is C26H27N3O5. The van der Waals surface area contributed by atoms with Gasteiger partial charge in [0.1, 0.15) is 29.4 Å². The number of benzene rings is 2. The number of nitrogens with one attached hydrogen (secondary N) is 1. The minimum atomic E-state index is -0.356. The van der Waals surface area contributed by atoms with E-state index < -0.39 is 0 Å². The fourth-order valence-corrected chi connectivity index (χ4v) is 4.42. The molecule has 34 heavy (non-hydrogen) atoms. The van der Waals surface area contributed by atoms with Crippen LogP contribution in [-0.2, 0) is 24.3 Å². The van der Waals surface area contributed by atoms with E-state index in [1.807, 2.05) is 36.4 Å². The Morgan fingerprint density at radius 1 is 1.21 bits per heavy atom. The summed E-state index contributed by atoms with van der Waals surface area (Å²) in [7, 11) is 0. The third kappa shape index (κ3) is 4.63. The zero-order valence-corrected chi connectivity index (χ0v) is 18.7. The van der Waals surface area contributed by atoms with E-state index in [0.29, 0.717) is 26.1 Å². The smallest absolute Gasteiger partial charge is 0.261 e. The minimum absolute atomic E-state index is 0.0415. The van der Waals surface area contributed by atoms with Gasteiger partial charge in [-0.1, -0.05) is 30.3 Å². The number of phenolic OH excluding ortho intramolecular Hbond substituents is 2. The Morgan fingerprint density at radius 2 is 2.06 bits per heavy atom. The largest absolute Gasteiger partial charge is 0.508 e. The number of aromatic nitrogens is 1. The Morgan fingerprint density at radius 3 is 2.85 bits per heavy atom. The summed E-state index contributed by atoms with van der Waals surface area (Å²) in [6, 6.07) is 14.2. The van der Waals surface area contributed by atoms with Gasteiger partial charge in [0.15, 0.2) is 0 Å². The van der Waals surface area contributed by atoms with Crippen molar-refractivity contribution in [3.05, 3.63) is 77.1 Å². The summed E-state index contributed by atoms with van der Waals surface area (Å²) in [5.41, 5.74) is 3.84. The van der Waals surface area contributed by atoms with Gasteiger partial charge in [0.2, 0.25) is 0 Å². The molecule has 2 aromatic carbocycles. The second-order valence-electron chi connectivity index (χ2n) is 8.58. The molecule has 0 bridgehead atoms. The summed E-state index contributed by atoms with van der Waals surface area (Å²) in [6.45, 7) is 2.42. The van der Waals surface area contributed by atoms with Crippen molar-refractivity contribution in [1.82, 2.24) is 9.88 Å². The summed E-state index contributed by atoms with van der Waals surface area (Å²) in [5.74, 6) is -0.697. The first-order chi connectivity index (χ1) is 16.6. The van der Waals surface area contributed by atoms with Gasteiger partial charge < -0.3 is 29.9 Å². The maximum Gasteiger partial charge on any atom is 0.261 e. The van der Waals surface area contributed by atoms with E-state index in [9.17, 15) is 15.0 Å². The van der Waals surface area contributed by atoms with Crippen molar-refractivity contribution in [2.24, 2.45) is 0 Å². The Bertz CT molecular complexity index is 1180. The fraction of sp³-hybridized carbons (Fsp3) is 0.308. The van der Waals surface area contributed by atoms with Crippen molar-refractivity contribution >= 4 is 11.6 Å². The molecule has 0 radical (unpaired) electrons. The van der Waals surface area contributed by atoms with Gasteiger partial charge in [-0.3, -0.25) is 9.78 Å². The molecule has 8 nitrogen and oxygen atoms in total. The van der Waals surface area contributed by atoms with Crippen LogP contribution in [0.2, 0.25) is 0 Å². The van der Waals surface area contributed by atoms with Gasteiger partial charge in [-0.05, 0) is 18.1 Å². The number of rotatable bonds is 6. The average Bonchev–Trinajstić information content (AvgIpc) is 3.36. The number of aromatic hydroxyl groups is 2. The topological polar surface area (TPSA) is 104 Å². The maximum absolute atomic E-state index is 13.6. The van der Waals surface area contributed by atoms with Crippen LogP contribution in [0.15, 0.2) is 54.7 Å². The number of fused-ring (bicyclic) bond motifs is 1. The van der Waals surface area contributed by atoms with E-state index in [1.165, 1.54) is 6.07 Å². The van der Waals surface area contributed by atoms with E-state index in [1.54, 1.807) is 11.1 Å². The Kier molecular flexibility index (Phi) is 6.22. The first-order valence-corrected chi connectivity index (χ1v) is 11.4. The van der Waals surface area contributed by atoms with Crippen LogP contribution in [0.3, 0.4) is 0 Å². The van der Waals surface area contributed by atoms with Crippen molar-refractivity contribution in [2.75, 3.05) is 25.1 Å². The Balaban J connectivity index is 1.39. The molecule has 5 rings (SSSR count). The highest BCUT2D eigenvalue weighted by atomic mass is 16.5. The third-order valence-corrected chi connectivity index (χ3v) is 6.21. The lowest BCUT2D eigenvalue weighted by atomic mass is 10.0. The molecule has 2 aliphatic heterocycles. The van der Waals surface area contributed by atoms with Crippen molar-refractivity contribution in [2.45, 2.75) is 32.0 Å². The van der Waals surface area contributed by atoms with Crippen LogP contribution in [0.5, 0.6) is 17.2 Å². The molecule has 1 atom stereocenters. The molecular weight excluding hydrogens is 434 g/mol. The number of pyridine rings is 1. The van der Waals surface area contributed by atoms with Crippen LogP contribution in [-0.4, -0.2) is 51.8 Å². The second-order valence-corrected chi connectivity index (χ2v) is 8.58. The number of phenols is 2. The molecule has 2 aliphatic rings. The van der Waals surface area contributed by atoms with Crippen LogP contribution < -0.4 is 10.1 Å². The molecule has 176 valence electrons. The summed E-state index contributed by atoms with van der Waals surface area (Å²) < 4.78 is 11.3. The van der Waals surface area contributed by atoms with Crippen LogP contribution in [0.25, 0.3) is 0 Å². The molecule has 1 fully saturated rings. The summed E-state index contributed by atoms with van der Waals surface area (Å²) in [6.07, 6.45) is 3.33. The lowest BCUT2D eigenvalue weighted by Gasteiger charge is -2.31. The maximum atomic E-state index is 13.6. The number of hydrogen-bond acceptors (Lipinski definition) is 7. The number of ether oxygens (including phenoxy) is 2. The molecule has 1 amide bonds. The molecule has 0 spiro atoms. The van der Waals surface area contributed by atoms with Gasteiger partial charge >= 0.3 is 0 Å². The standard InChI is InChI=1S/C26H27N3O5/c30-19-12-23(31)25(24(13-19)34-15-17-4-2-1-3-5-17)26(32)29-10-7-21-20(14-29)22(6-9-27-21)28-18-8-11-33-16-18/h1-6,9,12-13,18,30-31H,7-8,10-11,14-16H2,(H,27,28)/t18-/m0/s1. The number of nitrogens with zero attached hydrogens (tertiary/aromatic N) is 2. The van der Waals surface area contributed by atoms with Gasteiger partial charge in [-0.15, -0.1) is 0 Å². The lowest BCUT2D eigenvalue weighted by Crippen LogP contribution is -2.37. The van der Waals surface area contributed by atoms with Crippen molar-refractivity contribution in [3.63, 3.8) is 0 Å². The van der Waals surface area contributed by atoms with Crippen LogP contribution >= 0.6 is 0 Å². The van der Waals surface area contributed by atoms with Crippen LogP contribution in [0.1, 0.15) is 33.6 Å². The molecule has 1 saturated heterocycles. The van der Waals surface area contributed by atoms with Gasteiger partial charge in [-0.2, -0.15) is 0 Å². The third-order valence-electron chi connectivity index (χ3n) is 6.21. The quantitative estimate of drug-likeness (QED) is 0.516. The molecule has 0 saturated carbocycles. The summed E-state index contributed by atoms with van der Waals surface area (Å²) in [5, 5.41) is 24.1. The van der Waals surface area contributed by atoms with Crippen molar-refractivity contribution in [3.8, 4) is 17.2 Å². The van der Waals surface area contributed by atoms with Crippen molar-refractivity contribution in [1.29, 1.82) is 0 Å². The first-order valence-electron chi connectivity index (χ1n) is 11.4. The number of carbonyl (C=O) groups excluding carboxylic acids is 1. The molecule has 8 heteroatoms. The predicted octanol–water partition coefficient (Wildman–Crippen LogP) is 3.47. The number of amides is 1. The number of carbonyl (C=O) groups is 1. The normalized spacial score (nSPS) is 17.3. The first kappa shape index (κ1) is 22.0. The predicted molar refractivity (Wildman–Crippen MR) is 126 cm³/mol. The number of hydrogen-bond donors (Lipinski definition) is 3. The van der Waals surface area contributed by atoms with E-state index in [2.05, 4.69) is 10.3 Å². The highest BCUT2D eigenvalue weighted by molar-refractivity contribution is 6.00. The van der Waals surface area contributed by atoms with Gasteiger partial charge in [0, 0.05) is 61.4 Å². The SMILES string of the molecule is O=C(c1c(O)cc(O)cc1OCc1ccccc1)N1CCc2nccc(N[C@H]3CCOC3)c2C1. The van der Waals surface area contributed by atoms with E-state index in [0.717, 1.165) is 41.6 Å².